The Morgan fingerprint density at radius 1 is 1.00 bits per heavy atom. The zero-order valence-electron chi connectivity index (χ0n) is 20.2. The van der Waals surface area contributed by atoms with Gasteiger partial charge in [0.05, 0.1) is 16.6 Å². The number of benzene rings is 3. The fourth-order valence-electron chi connectivity index (χ4n) is 5.24. The summed E-state index contributed by atoms with van der Waals surface area (Å²) < 4.78 is 0. The van der Waals surface area contributed by atoms with Crippen LogP contribution in [0.2, 0.25) is 5.02 Å². The van der Waals surface area contributed by atoms with Crippen LogP contribution >= 0.6 is 11.6 Å². The molecule has 1 saturated carbocycles. The summed E-state index contributed by atoms with van der Waals surface area (Å²) in [5, 5.41) is 8.82. The third kappa shape index (κ3) is 4.71. The first-order valence-corrected chi connectivity index (χ1v) is 12.5. The Hall–Kier alpha value is -3.70. The maximum Gasteiger partial charge on any atom is 0.253 e. The van der Waals surface area contributed by atoms with Crippen LogP contribution in [-0.2, 0) is 4.79 Å². The molecule has 0 unspecified atom stereocenters. The first-order valence-electron chi connectivity index (χ1n) is 12.1. The van der Waals surface area contributed by atoms with Gasteiger partial charge in [0.25, 0.3) is 5.91 Å². The number of anilines is 1. The van der Waals surface area contributed by atoms with E-state index in [1.165, 1.54) is 6.20 Å². The maximum absolute atomic E-state index is 13.2. The normalized spacial score (nSPS) is 20.4. The molecule has 0 saturated heterocycles. The second kappa shape index (κ2) is 9.75. The number of halogens is 1. The minimum Gasteiger partial charge on any atom is -0.345 e. The van der Waals surface area contributed by atoms with Gasteiger partial charge in [0, 0.05) is 24.0 Å². The van der Waals surface area contributed by atoms with Gasteiger partial charge in [-0.25, -0.2) is 0 Å². The molecule has 36 heavy (non-hydrogen) atoms. The van der Waals surface area contributed by atoms with Crippen LogP contribution in [0.15, 0.2) is 91.3 Å². The molecule has 0 bridgehead atoms. The number of nitrogens with one attached hydrogen (secondary N) is 2. The van der Waals surface area contributed by atoms with Crippen molar-refractivity contribution in [1.29, 1.82) is 0 Å². The molecule has 6 heteroatoms. The number of amides is 2. The predicted octanol–water partition coefficient (Wildman–Crippen LogP) is 6.66. The quantitative estimate of drug-likeness (QED) is 0.300. The highest BCUT2D eigenvalue weighted by atomic mass is 35.5. The Labute approximate surface area is 215 Å². The van der Waals surface area contributed by atoms with Crippen LogP contribution in [0.1, 0.15) is 42.2 Å². The van der Waals surface area contributed by atoms with Crippen molar-refractivity contribution in [3.8, 4) is 0 Å². The number of nitrogens with zero attached hydrogens (tertiary/aromatic N) is 1. The van der Waals surface area contributed by atoms with E-state index in [-0.39, 0.29) is 35.1 Å². The van der Waals surface area contributed by atoms with Gasteiger partial charge in [0.1, 0.15) is 0 Å². The van der Waals surface area contributed by atoms with Crippen LogP contribution in [0, 0.1) is 17.3 Å². The number of fused-ring (bicyclic) bond motifs is 1. The zero-order chi connectivity index (χ0) is 25.3. The summed E-state index contributed by atoms with van der Waals surface area (Å²) in [5.74, 6) is -0.392. The lowest BCUT2D eigenvalue weighted by Crippen LogP contribution is -2.36. The molecule has 4 atom stereocenters. The third-order valence-electron chi connectivity index (χ3n) is 7.47. The van der Waals surface area contributed by atoms with Crippen molar-refractivity contribution < 1.29 is 9.59 Å². The first-order chi connectivity index (χ1) is 17.4. The molecule has 5 nitrogen and oxygen atoms in total. The van der Waals surface area contributed by atoms with E-state index in [4.69, 9.17) is 11.6 Å². The van der Waals surface area contributed by atoms with Gasteiger partial charge in [-0.2, -0.15) is 0 Å². The van der Waals surface area contributed by atoms with Crippen molar-refractivity contribution in [3.63, 3.8) is 0 Å². The number of aromatic nitrogens is 1. The van der Waals surface area contributed by atoms with Crippen molar-refractivity contribution >= 4 is 39.9 Å². The van der Waals surface area contributed by atoms with Gasteiger partial charge < -0.3 is 10.6 Å². The van der Waals surface area contributed by atoms with Crippen LogP contribution in [0.4, 0.5) is 5.69 Å². The fourth-order valence-corrected chi connectivity index (χ4v) is 5.45. The standard InChI is InChI=1S/C30H28ClN3O2/c1-19(28(35)33-23-13-12-20-8-6-7-11-22(20)16-23)25-17-30(25,2)27(21-9-4-3-5-10-21)34-29(36)24-14-15-32-18-26(24)31/h3-16,18-19,25,27H,17H2,1-2H3,(H,33,35)(H,34,36)/t19-,25+,27+,30-/m1/s1. The Morgan fingerprint density at radius 2 is 1.72 bits per heavy atom. The Bertz CT molecular complexity index is 1420. The Balaban J connectivity index is 1.35. The molecule has 1 aromatic heterocycles. The van der Waals surface area contributed by atoms with Crippen molar-refractivity contribution in [2.24, 2.45) is 17.3 Å². The minimum atomic E-state index is -0.281. The second-order valence-electron chi connectivity index (χ2n) is 9.83. The number of carbonyl (C=O) groups is 2. The molecule has 1 aliphatic rings. The van der Waals surface area contributed by atoms with Crippen LogP contribution in [-0.4, -0.2) is 16.8 Å². The molecule has 2 amide bonds. The lowest BCUT2D eigenvalue weighted by molar-refractivity contribution is -0.120. The van der Waals surface area contributed by atoms with Crippen molar-refractivity contribution in [2.75, 3.05) is 5.32 Å². The number of rotatable bonds is 7. The number of carbonyl (C=O) groups excluding carboxylic acids is 2. The molecule has 1 aliphatic carbocycles. The van der Waals surface area contributed by atoms with E-state index < -0.39 is 0 Å². The van der Waals surface area contributed by atoms with Crippen LogP contribution in [0.3, 0.4) is 0 Å². The van der Waals surface area contributed by atoms with Gasteiger partial charge in [0.15, 0.2) is 0 Å². The molecule has 2 N–H and O–H groups in total. The van der Waals surface area contributed by atoms with Crippen LogP contribution in [0.5, 0.6) is 0 Å². The van der Waals surface area contributed by atoms with E-state index in [9.17, 15) is 9.59 Å². The van der Waals surface area contributed by atoms with Crippen LogP contribution in [0.25, 0.3) is 10.8 Å². The van der Waals surface area contributed by atoms with E-state index >= 15 is 0 Å². The molecule has 1 fully saturated rings. The average molecular weight is 498 g/mol. The summed E-state index contributed by atoms with van der Waals surface area (Å²) in [6.07, 6.45) is 3.84. The van der Waals surface area contributed by atoms with Gasteiger partial charge in [-0.05, 0) is 52.3 Å². The van der Waals surface area contributed by atoms with Gasteiger partial charge >= 0.3 is 0 Å². The van der Waals surface area contributed by atoms with E-state index in [2.05, 4.69) is 28.6 Å². The molecular formula is C30H28ClN3O2. The number of hydrogen-bond donors (Lipinski definition) is 2. The molecule has 4 aromatic rings. The van der Waals surface area contributed by atoms with Crippen LogP contribution < -0.4 is 10.6 Å². The smallest absolute Gasteiger partial charge is 0.253 e. The highest BCUT2D eigenvalue weighted by Gasteiger charge is 2.59. The molecular weight excluding hydrogens is 470 g/mol. The van der Waals surface area contributed by atoms with Crippen molar-refractivity contribution in [3.05, 3.63) is 107 Å². The molecule has 5 rings (SSSR count). The highest BCUT2D eigenvalue weighted by molar-refractivity contribution is 6.33. The number of pyridine rings is 1. The fraction of sp³-hybridized carbons (Fsp3) is 0.233. The molecule has 182 valence electrons. The summed E-state index contributed by atoms with van der Waals surface area (Å²) in [4.78, 5) is 30.4. The summed E-state index contributed by atoms with van der Waals surface area (Å²) in [5.41, 5.74) is 1.89. The highest BCUT2D eigenvalue weighted by Crippen LogP contribution is 2.63. The van der Waals surface area contributed by atoms with Crippen molar-refractivity contribution in [1.82, 2.24) is 10.3 Å². The SMILES string of the molecule is C[C@@H](C(=O)Nc1ccc2ccccc2c1)[C@@H]1C[C@@]1(C)[C@@H](NC(=O)c1ccncc1Cl)c1ccccc1. The summed E-state index contributed by atoms with van der Waals surface area (Å²) in [6.45, 7) is 4.11. The predicted molar refractivity (Wildman–Crippen MR) is 144 cm³/mol. The van der Waals surface area contributed by atoms with E-state index in [0.717, 1.165) is 28.4 Å². The Kier molecular flexibility index (Phi) is 6.50. The summed E-state index contributed by atoms with van der Waals surface area (Å²) in [7, 11) is 0. The minimum absolute atomic E-state index is 0.0191. The zero-order valence-corrected chi connectivity index (χ0v) is 21.0. The van der Waals surface area contributed by atoms with Crippen molar-refractivity contribution in [2.45, 2.75) is 26.3 Å². The van der Waals surface area contributed by atoms with E-state index in [1.807, 2.05) is 73.7 Å². The third-order valence-corrected chi connectivity index (χ3v) is 7.77. The topological polar surface area (TPSA) is 71.1 Å². The molecule has 1 heterocycles. The maximum atomic E-state index is 13.2. The Morgan fingerprint density at radius 3 is 2.47 bits per heavy atom. The average Bonchev–Trinajstić information content (AvgIpc) is 3.59. The van der Waals surface area contributed by atoms with Gasteiger partial charge in [0.2, 0.25) is 5.91 Å². The monoisotopic (exact) mass is 497 g/mol. The lowest BCUT2D eigenvalue weighted by atomic mass is 9.86. The largest absolute Gasteiger partial charge is 0.345 e. The van der Waals surface area contributed by atoms with Gasteiger partial charge in [-0.15, -0.1) is 0 Å². The molecule has 0 radical (unpaired) electrons. The summed E-state index contributed by atoms with van der Waals surface area (Å²) >= 11 is 6.24. The van der Waals surface area contributed by atoms with Gasteiger partial charge in [-0.1, -0.05) is 86.1 Å². The van der Waals surface area contributed by atoms with E-state index in [0.29, 0.717) is 10.6 Å². The second-order valence-corrected chi connectivity index (χ2v) is 10.2. The first kappa shape index (κ1) is 24.0. The lowest BCUT2D eigenvalue weighted by Gasteiger charge is -2.28. The molecule has 0 spiro atoms. The molecule has 3 aromatic carbocycles. The molecule has 0 aliphatic heterocycles. The van der Waals surface area contributed by atoms with E-state index in [1.54, 1.807) is 12.3 Å². The summed E-state index contributed by atoms with van der Waals surface area (Å²) in [6, 6.07) is 25.3. The van der Waals surface area contributed by atoms with Gasteiger partial charge in [-0.3, -0.25) is 14.6 Å². The number of hydrogen-bond acceptors (Lipinski definition) is 3.